The van der Waals surface area contributed by atoms with Crippen molar-refractivity contribution in [2.24, 2.45) is 0 Å². The second kappa shape index (κ2) is 7.44. The predicted molar refractivity (Wildman–Crippen MR) is 104 cm³/mol. The van der Waals surface area contributed by atoms with Gasteiger partial charge in [-0.05, 0) is 44.9 Å². The lowest BCUT2D eigenvalue weighted by atomic mass is 9.95. The third kappa shape index (κ3) is 3.45. The van der Waals surface area contributed by atoms with Crippen molar-refractivity contribution in [3.63, 3.8) is 0 Å². The van der Waals surface area contributed by atoms with Crippen LogP contribution in [0.3, 0.4) is 0 Å². The largest absolute Gasteiger partial charge is 0.361 e. The van der Waals surface area contributed by atoms with Gasteiger partial charge in [0.1, 0.15) is 10.7 Å². The molecule has 1 aliphatic heterocycles. The van der Waals surface area contributed by atoms with Gasteiger partial charge in [-0.1, -0.05) is 11.2 Å². The zero-order valence-corrected chi connectivity index (χ0v) is 16.7. The van der Waals surface area contributed by atoms with E-state index in [-0.39, 0.29) is 10.8 Å². The minimum Gasteiger partial charge on any atom is -0.361 e. The van der Waals surface area contributed by atoms with Gasteiger partial charge in [-0.2, -0.15) is 4.31 Å². The van der Waals surface area contributed by atoms with E-state index in [1.165, 1.54) is 6.20 Å². The highest BCUT2D eigenvalue weighted by atomic mass is 32.2. The molecule has 3 aromatic heterocycles. The zero-order valence-electron chi connectivity index (χ0n) is 15.9. The van der Waals surface area contributed by atoms with E-state index in [9.17, 15) is 8.42 Å². The lowest BCUT2D eigenvalue weighted by Crippen LogP contribution is -2.39. The molecule has 4 heterocycles. The van der Waals surface area contributed by atoms with E-state index >= 15 is 0 Å². The van der Waals surface area contributed by atoms with E-state index < -0.39 is 10.0 Å². The second-order valence-corrected chi connectivity index (χ2v) is 9.00. The lowest BCUT2D eigenvalue weighted by Gasteiger charge is -2.31. The maximum atomic E-state index is 12.9. The van der Waals surface area contributed by atoms with Crippen molar-refractivity contribution in [1.82, 2.24) is 19.4 Å². The molecule has 0 aliphatic carbocycles. The molecule has 0 spiro atoms. The molecule has 0 saturated carbocycles. The van der Waals surface area contributed by atoms with Crippen molar-refractivity contribution in [3.05, 3.63) is 60.0 Å². The molecular weight excluding hydrogens is 376 g/mol. The molecule has 1 saturated heterocycles. The summed E-state index contributed by atoms with van der Waals surface area (Å²) < 4.78 is 32.6. The molecule has 1 aliphatic rings. The first-order chi connectivity index (χ1) is 13.5. The fourth-order valence-corrected chi connectivity index (χ4v) is 5.23. The minimum atomic E-state index is -3.54. The Labute approximate surface area is 164 Å². The highest BCUT2D eigenvalue weighted by molar-refractivity contribution is 7.89. The van der Waals surface area contributed by atoms with Gasteiger partial charge in [0.25, 0.3) is 0 Å². The molecule has 1 atom stereocenters. The van der Waals surface area contributed by atoms with Gasteiger partial charge in [0.05, 0.1) is 5.69 Å². The monoisotopic (exact) mass is 398 g/mol. The number of nitrogens with zero attached hydrogens (tertiary/aromatic N) is 4. The Hall–Kier alpha value is -2.58. The summed E-state index contributed by atoms with van der Waals surface area (Å²) in [5.41, 5.74) is 3.65. The van der Waals surface area contributed by atoms with Crippen LogP contribution in [0.25, 0.3) is 11.1 Å². The molecule has 3 aromatic rings. The molecule has 7 nitrogen and oxygen atoms in total. The molecule has 0 amide bonds. The van der Waals surface area contributed by atoms with Crippen molar-refractivity contribution in [3.8, 4) is 11.1 Å². The van der Waals surface area contributed by atoms with Gasteiger partial charge in [-0.25, -0.2) is 8.42 Å². The normalized spacial score (nSPS) is 18.3. The summed E-state index contributed by atoms with van der Waals surface area (Å²) in [4.78, 5) is 8.80. The lowest BCUT2D eigenvalue weighted by molar-refractivity contribution is 0.312. The van der Waals surface area contributed by atoms with Gasteiger partial charge in [-0.3, -0.25) is 9.97 Å². The van der Waals surface area contributed by atoms with Gasteiger partial charge in [0, 0.05) is 54.4 Å². The number of hydrogen-bond donors (Lipinski definition) is 0. The standard InChI is InChI=1S/C20H22N4O3S/c1-14-20(15(2)27-23-14)16-7-8-19(22-11-16)17-5-4-10-24(13-17)28(25,26)18-6-3-9-21-12-18/h3,6-9,11-12,17H,4-5,10,13H2,1-2H3/t17-/m0/s1. The van der Waals surface area contributed by atoms with E-state index in [4.69, 9.17) is 4.52 Å². The summed E-state index contributed by atoms with van der Waals surface area (Å²) in [5, 5.41) is 3.99. The van der Waals surface area contributed by atoms with Crippen molar-refractivity contribution >= 4 is 10.0 Å². The van der Waals surface area contributed by atoms with E-state index in [0.717, 1.165) is 41.1 Å². The van der Waals surface area contributed by atoms with Crippen LogP contribution in [-0.4, -0.2) is 40.9 Å². The molecule has 146 valence electrons. The first-order valence-corrected chi connectivity index (χ1v) is 10.7. The van der Waals surface area contributed by atoms with Gasteiger partial charge in [-0.15, -0.1) is 0 Å². The van der Waals surface area contributed by atoms with E-state index in [2.05, 4.69) is 15.1 Å². The van der Waals surface area contributed by atoms with Crippen LogP contribution < -0.4 is 0 Å². The summed E-state index contributed by atoms with van der Waals surface area (Å²) in [6, 6.07) is 7.21. The van der Waals surface area contributed by atoms with Crippen LogP contribution in [0, 0.1) is 13.8 Å². The summed E-state index contributed by atoms with van der Waals surface area (Å²) in [6.45, 7) is 4.73. The van der Waals surface area contributed by atoms with Crippen LogP contribution in [0.5, 0.6) is 0 Å². The third-order valence-corrected chi connectivity index (χ3v) is 7.03. The number of sulfonamides is 1. The summed E-state index contributed by atoms with van der Waals surface area (Å²) >= 11 is 0. The topological polar surface area (TPSA) is 89.2 Å². The van der Waals surface area contributed by atoms with Crippen molar-refractivity contribution in [2.45, 2.75) is 37.5 Å². The average Bonchev–Trinajstić information content (AvgIpc) is 3.07. The number of aromatic nitrogens is 3. The van der Waals surface area contributed by atoms with E-state index in [1.54, 1.807) is 22.6 Å². The Morgan fingerprint density at radius 3 is 2.68 bits per heavy atom. The number of pyridine rings is 2. The smallest absolute Gasteiger partial charge is 0.244 e. The molecule has 28 heavy (non-hydrogen) atoms. The fraction of sp³-hybridized carbons (Fsp3) is 0.350. The number of hydrogen-bond acceptors (Lipinski definition) is 6. The maximum Gasteiger partial charge on any atom is 0.244 e. The fourth-order valence-electron chi connectivity index (χ4n) is 3.74. The summed E-state index contributed by atoms with van der Waals surface area (Å²) in [5.74, 6) is 0.831. The maximum absolute atomic E-state index is 12.9. The molecular formula is C20H22N4O3S. The quantitative estimate of drug-likeness (QED) is 0.670. The molecule has 0 N–H and O–H groups in total. The molecule has 8 heteroatoms. The number of aryl methyl sites for hydroxylation is 2. The van der Waals surface area contributed by atoms with Crippen LogP contribution in [-0.2, 0) is 10.0 Å². The number of piperidine rings is 1. The van der Waals surface area contributed by atoms with Crippen molar-refractivity contribution in [1.29, 1.82) is 0 Å². The minimum absolute atomic E-state index is 0.0684. The van der Waals surface area contributed by atoms with Crippen LogP contribution in [0.2, 0.25) is 0 Å². The highest BCUT2D eigenvalue weighted by Gasteiger charge is 2.31. The summed E-state index contributed by atoms with van der Waals surface area (Å²) in [6.07, 6.45) is 6.50. The predicted octanol–water partition coefficient (Wildman–Crippen LogP) is 3.32. The van der Waals surface area contributed by atoms with Gasteiger partial charge in [0.2, 0.25) is 10.0 Å². The van der Waals surface area contributed by atoms with Crippen LogP contribution in [0.4, 0.5) is 0 Å². The Morgan fingerprint density at radius 2 is 2.04 bits per heavy atom. The van der Waals surface area contributed by atoms with Crippen LogP contribution >= 0.6 is 0 Å². The SMILES string of the molecule is Cc1noc(C)c1-c1ccc([C@H]2CCCN(S(=O)(=O)c3cccnc3)C2)nc1. The Bertz CT molecular complexity index is 1040. The average molecular weight is 398 g/mol. The molecule has 0 aromatic carbocycles. The first-order valence-electron chi connectivity index (χ1n) is 9.26. The van der Waals surface area contributed by atoms with E-state index in [1.807, 2.05) is 32.2 Å². The van der Waals surface area contributed by atoms with Crippen molar-refractivity contribution in [2.75, 3.05) is 13.1 Å². The van der Waals surface area contributed by atoms with E-state index in [0.29, 0.717) is 13.1 Å². The molecule has 0 unspecified atom stereocenters. The number of rotatable bonds is 4. The Morgan fingerprint density at radius 1 is 1.18 bits per heavy atom. The Balaban J connectivity index is 1.55. The highest BCUT2D eigenvalue weighted by Crippen LogP contribution is 2.31. The van der Waals surface area contributed by atoms with Crippen molar-refractivity contribution < 1.29 is 12.9 Å². The van der Waals surface area contributed by atoms with Gasteiger partial charge >= 0.3 is 0 Å². The van der Waals surface area contributed by atoms with Crippen LogP contribution in [0.1, 0.15) is 35.9 Å². The summed E-state index contributed by atoms with van der Waals surface area (Å²) in [7, 11) is -3.54. The molecule has 1 fully saturated rings. The molecule has 0 radical (unpaired) electrons. The zero-order chi connectivity index (χ0) is 19.7. The first kappa shape index (κ1) is 18.8. The van der Waals surface area contributed by atoms with Gasteiger partial charge in [0.15, 0.2) is 0 Å². The molecule has 4 rings (SSSR count). The third-order valence-electron chi connectivity index (χ3n) is 5.18. The Kier molecular flexibility index (Phi) is 4.99. The molecule has 0 bridgehead atoms. The van der Waals surface area contributed by atoms with Gasteiger partial charge < -0.3 is 4.52 Å². The van der Waals surface area contributed by atoms with Crippen LogP contribution in [0.15, 0.2) is 52.3 Å². The second-order valence-electron chi connectivity index (χ2n) is 7.06.